The van der Waals surface area contributed by atoms with Crippen molar-refractivity contribution in [2.75, 3.05) is 0 Å². The van der Waals surface area contributed by atoms with E-state index in [4.69, 9.17) is 11.6 Å². The lowest BCUT2D eigenvalue weighted by atomic mass is 10.7. The number of hydrazine groups is 1. The Hall–Kier alpha value is -0.770. The van der Waals surface area contributed by atoms with Crippen molar-refractivity contribution >= 4 is 5.84 Å². The quantitative estimate of drug-likeness (QED) is 0.192. The predicted molar refractivity (Wildman–Crippen MR) is 36.0 cm³/mol. The Labute approximate surface area is 49.9 Å². The van der Waals surface area contributed by atoms with Crippen LogP contribution in [-0.2, 0) is 0 Å². The molecule has 0 bridgehead atoms. The van der Waals surface area contributed by atoms with E-state index in [-0.39, 0.29) is 0 Å². The van der Waals surface area contributed by atoms with Crippen molar-refractivity contribution in [3.8, 4) is 0 Å². The molecule has 8 heavy (non-hydrogen) atoms. The topological polar surface area (TPSA) is 76.4 Å². The molecule has 0 aromatic heterocycles. The van der Waals surface area contributed by atoms with Crippen LogP contribution >= 0.6 is 0 Å². The van der Waals surface area contributed by atoms with Crippen LogP contribution in [0.15, 0.2) is 5.10 Å². The van der Waals surface area contributed by atoms with Crippen molar-refractivity contribution in [2.24, 2.45) is 16.7 Å². The molecule has 0 radical (unpaired) electrons. The summed E-state index contributed by atoms with van der Waals surface area (Å²) in [5, 5.41) is 3.35. The molecule has 0 saturated heterocycles. The van der Waals surface area contributed by atoms with Gasteiger partial charge in [-0.3, -0.25) is 0 Å². The average Bonchev–Trinajstić information content (AvgIpc) is 1.72. The first-order chi connectivity index (χ1) is 3.77. The van der Waals surface area contributed by atoms with Gasteiger partial charge in [-0.1, -0.05) is 13.8 Å². The largest absolute Gasteiger partial charge is 0.386 e. The van der Waals surface area contributed by atoms with E-state index in [1.54, 1.807) is 6.92 Å². The Morgan fingerprint density at radius 1 is 1.50 bits per heavy atom. The lowest BCUT2D eigenvalue weighted by Crippen LogP contribution is -2.19. The summed E-state index contributed by atoms with van der Waals surface area (Å²) in [4.78, 5) is 0. The van der Waals surface area contributed by atoms with Crippen LogP contribution in [-0.4, -0.2) is 5.84 Å². The number of nitrogens with one attached hydrogen (secondary N) is 1. The summed E-state index contributed by atoms with van der Waals surface area (Å²) in [6.07, 6.45) is 0. The van der Waals surface area contributed by atoms with Gasteiger partial charge in [0.05, 0.1) is 0 Å². The molecule has 50 valence electrons. The van der Waals surface area contributed by atoms with Crippen LogP contribution in [0.4, 0.5) is 0 Å². The second-order valence-corrected chi connectivity index (χ2v) is 0.882. The molecule has 0 atom stereocenters. The summed E-state index contributed by atoms with van der Waals surface area (Å²) >= 11 is 0. The minimum atomic E-state index is 0.428. The van der Waals surface area contributed by atoms with E-state index in [1.807, 2.05) is 19.4 Å². The highest BCUT2D eigenvalue weighted by atomic mass is 15.5. The van der Waals surface area contributed by atoms with E-state index >= 15 is 0 Å². The van der Waals surface area contributed by atoms with Gasteiger partial charge in [-0.15, -0.1) is 0 Å². The summed E-state index contributed by atoms with van der Waals surface area (Å²) in [5.74, 6) is 5.14. The molecule has 4 nitrogen and oxygen atoms in total. The molecule has 0 unspecified atom stereocenters. The Kier molecular flexibility index (Phi) is 12.2. The van der Waals surface area contributed by atoms with Crippen LogP contribution in [0.5, 0.6) is 0 Å². The van der Waals surface area contributed by atoms with Crippen molar-refractivity contribution in [1.29, 1.82) is 0 Å². The van der Waals surface area contributed by atoms with Crippen LogP contribution < -0.4 is 17.1 Å². The summed E-state index contributed by atoms with van der Waals surface area (Å²) in [6.45, 7) is 5.64. The molecule has 0 rings (SSSR count). The summed E-state index contributed by atoms with van der Waals surface area (Å²) < 4.78 is 0. The molecule has 0 amide bonds. The fourth-order valence-corrected chi connectivity index (χ4v) is 0.102. The number of rotatable bonds is 1. The monoisotopic (exact) mass is 118 g/mol. The van der Waals surface area contributed by atoms with E-state index in [0.29, 0.717) is 5.84 Å². The van der Waals surface area contributed by atoms with Crippen LogP contribution in [0, 0.1) is 0 Å². The first kappa shape index (κ1) is 10.3. The Morgan fingerprint density at radius 2 is 1.88 bits per heavy atom. The molecule has 0 heterocycles. The molecular formula is C4H14N4. The molecule has 0 spiro atoms. The lowest BCUT2D eigenvalue weighted by Gasteiger charge is -1.85. The second kappa shape index (κ2) is 9.52. The van der Waals surface area contributed by atoms with Gasteiger partial charge in [0.1, 0.15) is 5.84 Å². The van der Waals surface area contributed by atoms with Crippen molar-refractivity contribution in [3.63, 3.8) is 0 Å². The number of nitrogens with zero attached hydrogens (tertiary/aromatic N) is 1. The number of amidine groups is 1. The maximum atomic E-state index is 5.01. The van der Waals surface area contributed by atoms with Crippen LogP contribution in [0.3, 0.4) is 0 Å². The molecule has 5 N–H and O–H groups in total. The van der Waals surface area contributed by atoms with Crippen molar-refractivity contribution in [1.82, 2.24) is 5.53 Å². The zero-order valence-corrected chi connectivity index (χ0v) is 5.60. The smallest absolute Gasteiger partial charge is 0.118 e. The highest BCUT2D eigenvalue weighted by molar-refractivity contribution is 5.76. The van der Waals surface area contributed by atoms with Crippen molar-refractivity contribution in [2.45, 2.75) is 20.8 Å². The average molecular weight is 118 g/mol. The second-order valence-electron chi connectivity index (χ2n) is 0.882. The van der Waals surface area contributed by atoms with Gasteiger partial charge >= 0.3 is 0 Å². The summed E-state index contributed by atoms with van der Waals surface area (Å²) in [7, 11) is 0. The van der Waals surface area contributed by atoms with Gasteiger partial charge in [0, 0.05) is 0 Å². The Morgan fingerprint density at radius 3 is 1.88 bits per heavy atom. The van der Waals surface area contributed by atoms with E-state index in [0.717, 1.165) is 0 Å². The Bertz CT molecular complexity index is 55.1. The van der Waals surface area contributed by atoms with Crippen molar-refractivity contribution in [3.05, 3.63) is 0 Å². The Balaban J connectivity index is 0. The predicted octanol–water partition coefficient (Wildman–Crippen LogP) is -0.232. The molecule has 0 saturated carbocycles. The molecular weight excluding hydrogens is 104 g/mol. The van der Waals surface area contributed by atoms with Crippen LogP contribution in [0.2, 0.25) is 0 Å². The van der Waals surface area contributed by atoms with Crippen molar-refractivity contribution < 1.29 is 0 Å². The summed E-state index contributed by atoms with van der Waals surface area (Å²) in [6, 6.07) is 0. The SMILES string of the molecule is C/C(N)=N/NN.CC. The van der Waals surface area contributed by atoms with E-state index in [2.05, 4.69) is 5.10 Å². The number of nitrogens with two attached hydrogens (primary N) is 2. The number of hydrogen-bond acceptors (Lipinski definition) is 3. The van der Waals surface area contributed by atoms with Gasteiger partial charge in [-0.05, 0) is 6.92 Å². The highest BCUT2D eigenvalue weighted by Gasteiger charge is 1.67. The van der Waals surface area contributed by atoms with Gasteiger partial charge in [0.2, 0.25) is 0 Å². The van der Waals surface area contributed by atoms with Gasteiger partial charge in [-0.25, -0.2) is 11.4 Å². The van der Waals surface area contributed by atoms with Gasteiger partial charge in [0.25, 0.3) is 0 Å². The third-order valence-corrected chi connectivity index (χ3v) is 0.241. The zero-order valence-electron chi connectivity index (χ0n) is 5.60. The van der Waals surface area contributed by atoms with Crippen LogP contribution in [0.25, 0.3) is 0 Å². The number of hydrogen-bond donors (Lipinski definition) is 3. The third-order valence-electron chi connectivity index (χ3n) is 0.241. The van der Waals surface area contributed by atoms with Gasteiger partial charge in [0.15, 0.2) is 0 Å². The minimum Gasteiger partial charge on any atom is -0.386 e. The first-order valence-electron chi connectivity index (χ1n) is 2.52. The minimum absolute atomic E-state index is 0.428. The van der Waals surface area contributed by atoms with E-state index in [9.17, 15) is 0 Å². The summed E-state index contributed by atoms with van der Waals surface area (Å²) in [5.41, 5.74) is 7.04. The number of hydrazone groups is 1. The fourth-order valence-electron chi connectivity index (χ4n) is 0.102. The maximum Gasteiger partial charge on any atom is 0.118 e. The van der Waals surface area contributed by atoms with Gasteiger partial charge in [-0.2, -0.15) is 5.10 Å². The lowest BCUT2D eigenvalue weighted by molar-refractivity contribution is 0.802. The molecule has 0 fully saturated rings. The molecule has 0 aliphatic rings. The normalized spacial score (nSPS) is 9.25. The molecule has 0 aromatic carbocycles. The molecule has 0 aromatic rings. The fraction of sp³-hybridized carbons (Fsp3) is 0.750. The molecule has 4 heteroatoms. The molecule has 0 aliphatic heterocycles. The third kappa shape index (κ3) is 18.8. The molecule has 0 aliphatic carbocycles. The highest BCUT2D eigenvalue weighted by Crippen LogP contribution is 1.51. The zero-order chi connectivity index (χ0) is 6.99. The maximum absolute atomic E-state index is 5.01. The van der Waals surface area contributed by atoms with Gasteiger partial charge < -0.3 is 5.73 Å². The first-order valence-corrected chi connectivity index (χ1v) is 2.52. The standard InChI is InChI=1S/C2H8N4.C2H6/c1-2(3)5-6-4;1-2/h6H,4H2,1H3,(H2,3,5);1-2H3. The van der Waals surface area contributed by atoms with Crippen LogP contribution in [0.1, 0.15) is 20.8 Å². The van der Waals surface area contributed by atoms with E-state index < -0.39 is 0 Å². The van der Waals surface area contributed by atoms with E-state index in [1.165, 1.54) is 0 Å².